The van der Waals surface area contributed by atoms with Crippen LogP contribution in [0.5, 0.6) is 11.6 Å². The van der Waals surface area contributed by atoms with E-state index in [0.717, 1.165) is 22.3 Å². The maximum Gasteiger partial charge on any atom is 0.250 e. The van der Waals surface area contributed by atoms with Crippen LogP contribution >= 0.6 is 0 Å². The van der Waals surface area contributed by atoms with Crippen molar-refractivity contribution >= 4 is 0 Å². The highest BCUT2D eigenvalue weighted by atomic mass is 16.5. The molecule has 31 heavy (non-hydrogen) atoms. The van der Waals surface area contributed by atoms with Crippen molar-refractivity contribution in [3.8, 4) is 45.6 Å². The minimum Gasteiger partial charge on any atom is -0.497 e. The monoisotopic (exact) mass is 413 g/mol. The molecule has 0 aliphatic rings. The summed E-state index contributed by atoms with van der Waals surface area (Å²) in [6, 6.07) is 12.5. The van der Waals surface area contributed by atoms with Crippen LogP contribution in [0.1, 0.15) is 5.56 Å². The lowest BCUT2D eigenvalue weighted by molar-refractivity contribution is 0.398. The molecule has 0 atom stereocenters. The zero-order chi connectivity index (χ0) is 22.0. The lowest BCUT2D eigenvalue weighted by Gasteiger charge is -2.11. The topological polar surface area (TPSA) is 95.0 Å². The molecule has 4 aromatic rings. The maximum absolute atomic E-state index is 12.3. The third-order valence-corrected chi connectivity index (χ3v) is 4.95. The van der Waals surface area contributed by atoms with Crippen LogP contribution < -0.4 is 15.0 Å². The average Bonchev–Trinajstić information content (AvgIpc) is 3.30. The van der Waals surface area contributed by atoms with Gasteiger partial charge in [0.2, 0.25) is 5.88 Å². The number of pyridine rings is 2. The fourth-order valence-electron chi connectivity index (χ4n) is 3.28. The minimum absolute atomic E-state index is 0.137. The second-order valence-electron chi connectivity index (χ2n) is 6.81. The number of nitrogens with zero attached hydrogens (tertiary/aromatic N) is 5. The van der Waals surface area contributed by atoms with Crippen molar-refractivity contribution in [2.24, 2.45) is 7.05 Å². The molecule has 0 spiro atoms. The van der Waals surface area contributed by atoms with E-state index in [0.29, 0.717) is 22.9 Å². The Hall–Kier alpha value is -4.38. The normalized spacial score (nSPS) is 10.5. The molecular weight excluding hydrogens is 394 g/mol. The standard InChI is InChI=1S/C23H19N5O3/c1-27-14-20(19(9-23(27)29)16-5-7-22(31-3)25-11-16)17-12-26-28(13-17)21-8-18(30-2)6-4-15(21)10-24/h4-9,11-14H,1-3H3. The summed E-state index contributed by atoms with van der Waals surface area (Å²) in [5, 5.41) is 13.9. The molecule has 0 saturated heterocycles. The van der Waals surface area contributed by atoms with Crippen molar-refractivity contribution in [2.75, 3.05) is 14.2 Å². The quantitative estimate of drug-likeness (QED) is 0.499. The largest absolute Gasteiger partial charge is 0.497 e. The van der Waals surface area contributed by atoms with Crippen LogP contribution in [0.15, 0.2) is 66.0 Å². The number of nitriles is 1. The molecular formula is C23H19N5O3. The number of aryl methyl sites for hydroxylation is 1. The van der Waals surface area contributed by atoms with Gasteiger partial charge in [0.25, 0.3) is 5.56 Å². The zero-order valence-corrected chi connectivity index (χ0v) is 17.2. The first kappa shape index (κ1) is 19.9. The summed E-state index contributed by atoms with van der Waals surface area (Å²) in [6.07, 6.45) is 6.94. The third kappa shape index (κ3) is 3.76. The van der Waals surface area contributed by atoms with Gasteiger partial charge in [-0.3, -0.25) is 4.79 Å². The fourth-order valence-corrected chi connectivity index (χ4v) is 3.28. The molecule has 4 rings (SSSR count). The number of aromatic nitrogens is 4. The van der Waals surface area contributed by atoms with Crippen LogP contribution in [0, 0.1) is 11.3 Å². The number of hydrogen-bond donors (Lipinski definition) is 0. The van der Waals surface area contributed by atoms with Gasteiger partial charge in [-0.25, -0.2) is 9.67 Å². The van der Waals surface area contributed by atoms with Crippen LogP contribution in [0.3, 0.4) is 0 Å². The lowest BCUT2D eigenvalue weighted by atomic mass is 9.99. The summed E-state index contributed by atoms with van der Waals surface area (Å²) < 4.78 is 13.6. The molecule has 8 heteroatoms. The first-order valence-corrected chi connectivity index (χ1v) is 9.38. The number of methoxy groups -OCH3 is 2. The maximum atomic E-state index is 12.3. The average molecular weight is 413 g/mol. The Kier molecular flexibility index (Phi) is 5.24. The summed E-state index contributed by atoms with van der Waals surface area (Å²) in [5.41, 5.74) is 4.03. The van der Waals surface area contributed by atoms with Gasteiger partial charge in [-0.2, -0.15) is 10.4 Å². The van der Waals surface area contributed by atoms with Crippen molar-refractivity contribution in [3.63, 3.8) is 0 Å². The Morgan fingerprint density at radius 2 is 1.81 bits per heavy atom. The Bertz CT molecular complexity index is 1350. The smallest absolute Gasteiger partial charge is 0.250 e. The highest BCUT2D eigenvalue weighted by Crippen LogP contribution is 2.32. The molecule has 0 aliphatic carbocycles. The molecule has 0 fully saturated rings. The Morgan fingerprint density at radius 1 is 0.968 bits per heavy atom. The second-order valence-corrected chi connectivity index (χ2v) is 6.81. The number of rotatable bonds is 5. The minimum atomic E-state index is -0.137. The van der Waals surface area contributed by atoms with Crippen molar-refractivity contribution < 1.29 is 9.47 Å². The van der Waals surface area contributed by atoms with Crippen molar-refractivity contribution in [1.82, 2.24) is 19.3 Å². The van der Waals surface area contributed by atoms with Crippen LogP contribution in [-0.4, -0.2) is 33.6 Å². The zero-order valence-electron chi connectivity index (χ0n) is 17.2. The van der Waals surface area contributed by atoms with Gasteiger partial charge in [-0.05, 0) is 23.8 Å². The highest BCUT2D eigenvalue weighted by Gasteiger charge is 2.15. The van der Waals surface area contributed by atoms with E-state index in [-0.39, 0.29) is 5.56 Å². The molecule has 0 N–H and O–H groups in total. The van der Waals surface area contributed by atoms with Gasteiger partial charge >= 0.3 is 0 Å². The van der Waals surface area contributed by atoms with Crippen LogP contribution in [0.25, 0.3) is 27.9 Å². The molecule has 0 amide bonds. The first-order chi connectivity index (χ1) is 15.0. The van der Waals surface area contributed by atoms with E-state index < -0.39 is 0 Å². The van der Waals surface area contributed by atoms with E-state index in [1.54, 1.807) is 74.9 Å². The summed E-state index contributed by atoms with van der Waals surface area (Å²) in [6.45, 7) is 0. The summed E-state index contributed by atoms with van der Waals surface area (Å²) in [5.74, 6) is 1.11. The van der Waals surface area contributed by atoms with E-state index in [1.807, 2.05) is 12.3 Å². The van der Waals surface area contributed by atoms with Crippen LogP contribution in [-0.2, 0) is 7.05 Å². The Labute approximate surface area is 178 Å². The molecule has 8 nitrogen and oxygen atoms in total. The number of ether oxygens (including phenoxy) is 2. The number of benzene rings is 1. The van der Waals surface area contributed by atoms with Gasteiger partial charge in [0.05, 0.1) is 31.7 Å². The summed E-state index contributed by atoms with van der Waals surface area (Å²) in [7, 11) is 4.82. The Balaban J connectivity index is 1.85. The molecule has 0 bridgehead atoms. The highest BCUT2D eigenvalue weighted by molar-refractivity contribution is 5.82. The molecule has 1 aromatic carbocycles. The van der Waals surface area contributed by atoms with E-state index in [2.05, 4.69) is 16.2 Å². The van der Waals surface area contributed by atoms with Crippen molar-refractivity contribution in [1.29, 1.82) is 5.26 Å². The van der Waals surface area contributed by atoms with Gasteiger partial charge < -0.3 is 14.0 Å². The SMILES string of the molecule is COc1ccc(C#N)c(-n2cc(-c3cn(C)c(=O)cc3-c3ccc(OC)nc3)cn2)c1. The fraction of sp³-hybridized carbons (Fsp3) is 0.130. The predicted octanol–water partition coefficient (Wildman–Crippen LogP) is 3.19. The van der Waals surface area contributed by atoms with Crippen molar-refractivity contribution in [2.45, 2.75) is 0 Å². The predicted molar refractivity (Wildman–Crippen MR) is 115 cm³/mol. The third-order valence-electron chi connectivity index (χ3n) is 4.95. The van der Waals surface area contributed by atoms with E-state index in [9.17, 15) is 10.1 Å². The summed E-state index contributed by atoms with van der Waals surface area (Å²) >= 11 is 0. The molecule has 0 radical (unpaired) electrons. The molecule has 0 unspecified atom stereocenters. The van der Waals surface area contributed by atoms with Gasteiger partial charge in [0.1, 0.15) is 11.8 Å². The van der Waals surface area contributed by atoms with Crippen LogP contribution in [0.4, 0.5) is 0 Å². The molecule has 154 valence electrons. The molecule has 3 aromatic heterocycles. The first-order valence-electron chi connectivity index (χ1n) is 9.38. The Morgan fingerprint density at radius 3 is 2.48 bits per heavy atom. The van der Waals surface area contributed by atoms with Gasteiger partial charge in [0.15, 0.2) is 0 Å². The molecule has 0 aliphatic heterocycles. The van der Waals surface area contributed by atoms with E-state index in [1.165, 1.54) is 4.57 Å². The van der Waals surface area contributed by atoms with Crippen LogP contribution in [0.2, 0.25) is 0 Å². The lowest BCUT2D eigenvalue weighted by Crippen LogP contribution is -2.15. The van der Waals surface area contributed by atoms with Crippen molar-refractivity contribution in [3.05, 3.63) is 77.1 Å². The molecule has 3 heterocycles. The van der Waals surface area contributed by atoms with Gasteiger partial charge in [-0.15, -0.1) is 0 Å². The summed E-state index contributed by atoms with van der Waals surface area (Å²) in [4.78, 5) is 16.6. The molecule has 0 saturated carbocycles. The number of hydrogen-bond acceptors (Lipinski definition) is 6. The van der Waals surface area contributed by atoms with Gasteiger partial charge in [-0.1, -0.05) is 0 Å². The van der Waals surface area contributed by atoms with E-state index in [4.69, 9.17) is 9.47 Å². The van der Waals surface area contributed by atoms with E-state index >= 15 is 0 Å². The second kappa shape index (κ2) is 8.16. The van der Waals surface area contributed by atoms with Gasteiger partial charge in [0, 0.05) is 60.5 Å².